The number of carboxylic acid groups (broad SMARTS) is 1. The smallest absolute Gasteiger partial charge is 0.347 e. The predicted octanol–water partition coefficient (Wildman–Crippen LogP) is 3.78. The van der Waals surface area contributed by atoms with Crippen molar-refractivity contribution in [2.24, 2.45) is 7.05 Å². The van der Waals surface area contributed by atoms with Crippen molar-refractivity contribution in [1.29, 1.82) is 0 Å². The highest BCUT2D eigenvalue weighted by atomic mass is 16.5. The van der Waals surface area contributed by atoms with Gasteiger partial charge in [-0.2, -0.15) is 0 Å². The number of benzene rings is 1. The first-order valence-electron chi connectivity index (χ1n) is 12.7. The highest BCUT2D eigenvalue weighted by molar-refractivity contribution is 5.77. The van der Waals surface area contributed by atoms with E-state index in [4.69, 9.17) is 14.2 Å². The summed E-state index contributed by atoms with van der Waals surface area (Å²) in [4.78, 5) is 36.3. The summed E-state index contributed by atoms with van der Waals surface area (Å²) in [7, 11) is 1.42. The van der Waals surface area contributed by atoms with Crippen molar-refractivity contribution in [2.75, 3.05) is 13.2 Å². The van der Waals surface area contributed by atoms with Gasteiger partial charge in [0.15, 0.2) is 0 Å². The molecule has 10 heteroatoms. The van der Waals surface area contributed by atoms with Crippen molar-refractivity contribution in [1.82, 2.24) is 14.3 Å². The van der Waals surface area contributed by atoms with Crippen LogP contribution in [-0.4, -0.2) is 44.2 Å². The number of hydrogen-bond donors (Lipinski definition) is 1. The van der Waals surface area contributed by atoms with Gasteiger partial charge in [-0.15, -0.1) is 5.10 Å². The highest BCUT2D eigenvalue weighted by Gasteiger charge is 2.34. The van der Waals surface area contributed by atoms with Gasteiger partial charge in [0.05, 0.1) is 13.2 Å². The van der Waals surface area contributed by atoms with Gasteiger partial charge in [-0.3, -0.25) is 9.36 Å². The Labute approximate surface area is 211 Å². The van der Waals surface area contributed by atoms with Gasteiger partial charge in [0.2, 0.25) is 5.60 Å². The third-order valence-corrected chi connectivity index (χ3v) is 5.80. The number of nitrogens with zero attached hydrogens (tertiary/aromatic N) is 3. The van der Waals surface area contributed by atoms with Crippen LogP contribution >= 0.6 is 0 Å². The van der Waals surface area contributed by atoms with Crippen LogP contribution in [0.3, 0.4) is 0 Å². The van der Waals surface area contributed by atoms with Crippen LogP contribution in [0.5, 0.6) is 17.4 Å². The lowest BCUT2D eigenvalue weighted by atomic mass is 10.0. The second-order valence-electron chi connectivity index (χ2n) is 9.00. The first-order chi connectivity index (χ1) is 17.2. The van der Waals surface area contributed by atoms with E-state index >= 15 is 0 Å². The summed E-state index contributed by atoms with van der Waals surface area (Å²) < 4.78 is 19.3. The fraction of sp³-hybridized carbons (Fsp3) is 0.615. The van der Waals surface area contributed by atoms with Crippen molar-refractivity contribution in [2.45, 2.75) is 84.3 Å². The topological polar surface area (TPSA) is 122 Å². The number of hydrogen-bond acceptors (Lipinski definition) is 7. The second-order valence-corrected chi connectivity index (χ2v) is 9.00. The molecular formula is C26H39N3O7. The molecule has 1 heterocycles. The second kappa shape index (κ2) is 14.3. The molecule has 1 atom stereocenters. The predicted molar refractivity (Wildman–Crippen MR) is 136 cm³/mol. The number of ether oxygens (including phenoxy) is 3. The van der Waals surface area contributed by atoms with E-state index in [-0.39, 0.29) is 12.5 Å². The standard InChI is InChI=1S/C26H39N3O7/c1-5-7-8-9-10-16-29-25(33)28(4)23(30)22(27-29)35-18-12-17-34-20-13-11-14-21(19-20)36-26(3,15-6-2)24(31)32/h11,13-14,19H,5-10,12,15-18H2,1-4H3,(H,31,32). The summed E-state index contributed by atoms with van der Waals surface area (Å²) in [6.45, 7) is 6.52. The summed E-state index contributed by atoms with van der Waals surface area (Å²) in [6.07, 6.45) is 6.73. The maximum Gasteiger partial charge on any atom is 0.347 e. The average Bonchev–Trinajstić information content (AvgIpc) is 2.84. The molecule has 0 radical (unpaired) electrons. The van der Waals surface area contributed by atoms with E-state index < -0.39 is 22.8 Å². The number of aliphatic carboxylic acids is 1. The molecule has 0 aliphatic heterocycles. The fourth-order valence-electron chi connectivity index (χ4n) is 3.68. The lowest BCUT2D eigenvalue weighted by Crippen LogP contribution is -2.41. The van der Waals surface area contributed by atoms with Crippen molar-refractivity contribution in [3.63, 3.8) is 0 Å². The molecule has 1 aromatic carbocycles. The van der Waals surface area contributed by atoms with Crippen LogP contribution in [-0.2, 0) is 18.4 Å². The van der Waals surface area contributed by atoms with Crippen LogP contribution < -0.4 is 25.5 Å². The van der Waals surface area contributed by atoms with E-state index in [1.807, 2.05) is 6.92 Å². The normalized spacial score (nSPS) is 12.7. The molecule has 2 rings (SSSR count). The quantitative estimate of drug-likeness (QED) is 0.322. The van der Waals surface area contributed by atoms with Crippen LogP contribution in [0.4, 0.5) is 0 Å². The molecule has 0 aliphatic rings. The van der Waals surface area contributed by atoms with E-state index in [1.54, 1.807) is 31.2 Å². The third kappa shape index (κ3) is 8.42. The van der Waals surface area contributed by atoms with Gasteiger partial charge in [0.1, 0.15) is 11.5 Å². The van der Waals surface area contributed by atoms with Crippen LogP contribution in [0.25, 0.3) is 0 Å². The molecule has 0 amide bonds. The maximum atomic E-state index is 12.4. The van der Waals surface area contributed by atoms with Crippen molar-refractivity contribution in [3.05, 3.63) is 45.1 Å². The van der Waals surface area contributed by atoms with Crippen molar-refractivity contribution in [3.8, 4) is 17.4 Å². The van der Waals surface area contributed by atoms with Gasteiger partial charge in [-0.05, 0) is 31.9 Å². The molecule has 2 aromatic rings. The molecule has 0 saturated carbocycles. The molecule has 0 aliphatic carbocycles. The molecule has 0 bridgehead atoms. The lowest BCUT2D eigenvalue weighted by Gasteiger charge is -2.26. The Bertz CT molecular complexity index is 1100. The van der Waals surface area contributed by atoms with Crippen molar-refractivity contribution < 1.29 is 24.1 Å². The number of rotatable bonds is 17. The summed E-state index contributed by atoms with van der Waals surface area (Å²) in [5.41, 5.74) is -2.33. The molecule has 36 heavy (non-hydrogen) atoms. The lowest BCUT2D eigenvalue weighted by molar-refractivity contribution is -0.154. The van der Waals surface area contributed by atoms with E-state index in [1.165, 1.54) is 11.7 Å². The Balaban J connectivity index is 1.89. The summed E-state index contributed by atoms with van der Waals surface area (Å²) in [5.74, 6) is -0.186. The van der Waals surface area contributed by atoms with Crippen LogP contribution in [0.2, 0.25) is 0 Å². The monoisotopic (exact) mass is 505 g/mol. The number of aryl methyl sites for hydroxylation is 1. The molecule has 1 unspecified atom stereocenters. The molecule has 1 N–H and O–H groups in total. The Kier molecular flexibility index (Phi) is 11.5. The first kappa shape index (κ1) is 28.9. The van der Waals surface area contributed by atoms with E-state index in [0.717, 1.165) is 36.7 Å². The summed E-state index contributed by atoms with van der Waals surface area (Å²) in [6, 6.07) is 6.81. The Morgan fingerprint density at radius 2 is 1.69 bits per heavy atom. The molecule has 0 spiro atoms. The van der Waals surface area contributed by atoms with Gasteiger partial charge >= 0.3 is 17.2 Å². The third-order valence-electron chi connectivity index (χ3n) is 5.80. The minimum Gasteiger partial charge on any atom is -0.493 e. The number of carbonyl (C=O) groups is 1. The van der Waals surface area contributed by atoms with E-state index in [9.17, 15) is 19.5 Å². The SMILES string of the molecule is CCCCCCCn1nc(OCCCOc2cccc(OC(C)(CCC)C(=O)O)c2)c(=O)n(C)c1=O. The van der Waals surface area contributed by atoms with Crippen LogP contribution in [0.1, 0.15) is 72.1 Å². The molecule has 1 aromatic heterocycles. The average molecular weight is 506 g/mol. The largest absolute Gasteiger partial charge is 0.493 e. The zero-order valence-electron chi connectivity index (χ0n) is 21.8. The van der Waals surface area contributed by atoms with Gasteiger partial charge in [-0.25, -0.2) is 14.3 Å². The number of aromatic nitrogens is 3. The van der Waals surface area contributed by atoms with Gasteiger partial charge in [0.25, 0.3) is 5.88 Å². The Morgan fingerprint density at radius 1 is 1.00 bits per heavy atom. The zero-order valence-corrected chi connectivity index (χ0v) is 21.8. The van der Waals surface area contributed by atoms with Crippen LogP contribution in [0.15, 0.2) is 33.9 Å². The maximum absolute atomic E-state index is 12.4. The summed E-state index contributed by atoms with van der Waals surface area (Å²) >= 11 is 0. The minimum atomic E-state index is -1.31. The van der Waals surface area contributed by atoms with Crippen molar-refractivity contribution >= 4 is 5.97 Å². The number of unbranched alkanes of at least 4 members (excludes halogenated alkanes) is 4. The van der Waals surface area contributed by atoms with Gasteiger partial charge < -0.3 is 19.3 Å². The van der Waals surface area contributed by atoms with Gasteiger partial charge in [0, 0.05) is 26.1 Å². The molecule has 200 valence electrons. The Morgan fingerprint density at radius 3 is 2.39 bits per heavy atom. The Hall–Kier alpha value is -3.30. The number of carboxylic acids is 1. The van der Waals surface area contributed by atoms with E-state index in [0.29, 0.717) is 43.9 Å². The van der Waals surface area contributed by atoms with Crippen LogP contribution in [0, 0.1) is 0 Å². The zero-order chi connectivity index (χ0) is 26.6. The molecular weight excluding hydrogens is 466 g/mol. The molecule has 0 saturated heterocycles. The molecule has 10 nitrogen and oxygen atoms in total. The fourth-order valence-corrected chi connectivity index (χ4v) is 3.68. The molecule has 0 fully saturated rings. The first-order valence-corrected chi connectivity index (χ1v) is 12.7. The minimum absolute atomic E-state index is 0.107. The summed E-state index contributed by atoms with van der Waals surface area (Å²) in [5, 5.41) is 13.6. The highest BCUT2D eigenvalue weighted by Crippen LogP contribution is 2.26. The van der Waals surface area contributed by atoms with Gasteiger partial charge in [-0.1, -0.05) is 52.0 Å². The van der Waals surface area contributed by atoms with E-state index in [2.05, 4.69) is 12.0 Å².